The number of hydrogen-bond donors (Lipinski definition) is 0. The minimum absolute atomic E-state index is 0.0473. The summed E-state index contributed by atoms with van der Waals surface area (Å²) in [4.78, 5) is 39.2. The van der Waals surface area contributed by atoms with Crippen molar-refractivity contribution in [3.8, 4) is 0 Å². The van der Waals surface area contributed by atoms with Crippen molar-refractivity contribution >= 4 is 18.0 Å². The van der Waals surface area contributed by atoms with E-state index in [-0.39, 0.29) is 29.8 Å². The normalized spacial score (nSPS) is 22.9. The van der Waals surface area contributed by atoms with Gasteiger partial charge in [0.2, 0.25) is 5.91 Å². The SMILES string of the molecule is COC(=O)[C@@H]1C[C@H]1CN(CCC1CCN(C(=O)OC(C)(C)C)CC1)C(C)=O. The molecule has 2 rings (SSSR count). The highest BCUT2D eigenvalue weighted by Gasteiger charge is 2.45. The molecule has 2 amide bonds. The van der Waals surface area contributed by atoms with E-state index in [0.717, 1.165) is 25.7 Å². The number of hydrogen-bond acceptors (Lipinski definition) is 5. The molecule has 0 radical (unpaired) electrons. The molecule has 0 bridgehead atoms. The van der Waals surface area contributed by atoms with Crippen molar-refractivity contribution in [2.75, 3.05) is 33.3 Å². The third-order valence-corrected chi connectivity index (χ3v) is 5.40. The Morgan fingerprint density at radius 2 is 1.78 bits per heavy atom. The standard InChI is InChI=1S/C20H34N2O5/c1-14(23)22(13-16-12-17(16)18(24)26-5)11-8-15-6-9-21(10-7-15)19(25)27-20(2,3)4/h15-17H,6-13H2,1-5H3/t16-,17+/m0/s1. The van der Waals surface area contributed by atoms with Crippen LogP contribution in [0.3, 0.4) is 0 Å². The van der Waals surface area contributed by atoms with Crippen LogP contribution in [0.4, 0.5) is 4.79 Å². The van der Waals surface area contributed by atoms with Crippen LogP contribution in [0.1, 0.15) is 53.4 Å². The monoisotopic (exact) mass is 382 g/mol. The number of esters is 1. The minimum atomic E-state index is -0.471. The van der Waals surface area contributed by atoms with Crippen LogP contribution in [0.25, 0.3) is 0 Å². The molecule has 0 aromatic carbocycles. The molecule has 2 atom stereocenters. The molecular formula is C20H34N2O5. The molecule has 2 fully saturated rings. The van der Waals surface area contributed by atoms with Gasteiger partial charge in [-0.15, -0.1) is 0 Å². The van der Waals surface area contributed by atoms with Crippen molar-refractivity contribution in [3.05, 3.63) is 0 Å². The lowest BCUT2D eigenvalue weighted by molar-refractivity contribution is -0.143. The highest BCUT2D eigenvalue weighted by molar-refractivity contribution is 5.76. The van der Waals surface area contributed by atoms with Crippen molar-refractivity contribution < 1.29 is 23.9 Å². The van der Waals surface area contributed by atoms with Gasteiger partial charge in [0.15, 0.2) is 0 Å². The van der Waals surface area contributed by atoms with E-state index in [0.29, 0.717) is 32.1 Å². The first-order valence-electron chi connectivity index (χ1n) is 9.92. The molecule has 7 heteroatoms. The lowest BCUT2D eigenvalue weighted by Gasteiger charge is -2.34. The zero-order chi connectivity index (χ0) is 20.2. The zero-order valence-corrected chi connectivity index (χ0v) is 17.3. The fourth-order valence-electron chi connectivity index (χ4n) is 3.62. The van der Waals surface area contributed by atoms with Crippen molar-refractivity contribution in [1.29, 1.82) is 0 Å². The van der Waals surface area contributed by atoms with E-state index in [1.54, 1.807) is 11.8 Å². The summed E-state index contributed by atoms with van der Waals surface area (Å²) >= 11 is 0. The predicted molar refractivity (Wildman–Crippen MR) is 101 cm³/mol. The van der Waals surface area contributed by atoms with Crippen molar-refractivity contribution in [3.63, 3.8) is 0 Å². The maximum atomic E-state index is 12.1. The summed E-state index contributed by atoms with van der Waals surface area (Å²) in [6.07, 6.45) is 3.36. The van der Waals surface area contributed by atoms with Crippen molar-refractivity contribution in [2.45, 2.75) is 59.0 Å². The molecule has 27 heavy (non-hydrogen) atoms. The Kier molecular flexibility index (Phi) is 7.12. The number of carbonyl (C=O) groups is 3. The first-order valence-corrected chi connectivity index (χ1v) is 9.92. The Hall–Kier alpha value is -1.79. The summed E-state index contributed by atoms with van der Waals surface area (Å²) in [6.45, 7) is 9.94. The molecule has 0 aromatic heterocycles. The van der Waals surface area contributed by atoms with E-state index in [4.69, 9.17) is 9.47 Å². The average molecular weight is 383 g/mol. The summed E-state index contributed by atoms with van der Waals surface area (Å²) < 4.78 is 10.2. The second kappa shape index (κ2) is 8.93. The molecule has 0 unspecified atom stereocenters. The number of piperidine rings is 1. The van der Waals surface area contributed by atoms with Gasteiger partial charge in [-0.2, -0.15) is 0 Å². The number of nitrogens with zero attached hydrogens (tertiary/aromatic N) is 2. The molecule has 1 aliphatic carbocycles. The molecule has 1 aliphatic heterocycles. The predicted octanol–water partition coefficient (Wildman–Crippen LogP) is 2.68. The van der Waals surface area contributed by atoms with Gasteiger partial charge in [0.05, 0.1) is 13.0 Å². The Balaban J connectivity index is 1.72. The van der Waals surface area contributed by atoms with E-state index >= 15 is 0 Å². The summed E-state index contributed by atoms with van der Waals surface area (Å²) in [5.41, 5.74) is -0.471. The molecule has 2 aliphatic rings. The van der Waals surface area contributed by atoms with Gasteiger partial charge in [0, 0.05) is 33.1 Å². The van der Waals surface area contributed by atoms with Crippen LogP contribution in [0.2, 0.25) is 0 Å². The summed E-state index contributed by atoms with van der Waals surface area (Å²) in [5, 5.41) is 0. The van der Waals surface area contributed by atoms with Crippen LogP contribution < -0.4 is 0 Å². The number of carbonyl (C=O) groups excluding carboxylic acids is 3. The molecule has 0 aromatic rings. The molecule has 7 nitrogen and oxygen atoms in total. The smallest absolute Gasteiger partial charge is 0.410 e. The van der Waals surface area contributed by atoms with Crippen LogP contribution >= 0.6 is 0 Å². The quantitative estimate of drug-likeness (QED) is 0.660. The van der Waals surface area contributed by atoms with Gasteiger partial charge in [-0.1, -0.05) is 0 Å². The van der Waals surface area contributed by atoms with E-state index in [2.05, 4.69) is 0 Å². The molecular weight excluding hydrogens is 348 g/mol. The summed E-state index contributed by atoms with van der Waals surface area (Å²) in [5.74, 6) is 0.570. The summed E-state index contributed by atoms with van der Waals surface area (Å²) in [6, 6.07) is 0. The van der Waals surface area contributed by atoms with Gasteiger partial charge in [-0.05, 0) is 58.3 Å². The molecule has 0 N–H and O–H groups in total. The van der Waals surface area contributed by atoms with Crippen molar-refractivity contribution in [2.24, 2.45) is 17.8 Å². The fourth-order valence-corrected chi connectivity index (χ4v) is 3.62. The highest BCUT2D eigenvalue weighted by atomic mass is 16.6. The van der Waals surface area contributed by atoms with E-state index in [9.17, 15) is 14.4 Å². The van der Waals surface area contributed by atoms with Gasteiger partial charge < -0.3 is 19.3 Å². The number of rotatable bonds is 6. The van der Waals surface area contributed by atoms with Gasteiger partial charge in [0.1, 0.15) is 5.60 Å². The Labute approximate surface area is 162 Å². The van der Waals surface area contributed by atoms with E-state index in [1.807, 2.05) is 25.7 Å². The van der Waals surface area contributed by atoms with E-state index < -0.39 is 5.60 Å². The second-order valence-corrected chi connectivity index (χ2v) is 8.79. The van der Waals surface area contributed by atoms with Crippen LogP contribution in [0.15, 0.2) is 0 Å². The van der Waals surface area contributed by atoms with Gasteiger partial charge >= 0.3 is 12.1 Å². The zero-order valence-electron chi connectivity index (χ0n) is 17.3. The Morgan fingerprint density at radius 3 is 2.30 bits per heavy atom. The van der Waals surface area contributed by atoms with Gasteiger partial charge in [0.25, 0.3) is 0 Å². The van der Waals surface area contributed by atoms with Crippen LogP contribution in [0.5, 0.6) is 0 Å². The molecule has 0 spiro atoms. The first kappa shape index (κ1) is 21.5. The van der Waals surface area contributed by atoms with Crippen LogP contribution in [-0.2, 0) is 19.1 Å². The lowest BCUT2D eigenvalue weighted by atomic mass is 9.93. The molecule has 154 valence electrons. The van der Waals surface area contributed by atoms with E-state index in [1.165, 1.54) is 7.11 Å². The second-order valence-electron chi connectivity index (χ2n) is 8.79. The van der Waals surface area contributed by atoms with Crippen LogP contribution in [0, 0.1) is 17.8 Å². The minimum Gasteiger partial charge on any atom is -0.469 e. The number of amides is 2. The number of likely N-dealkylation sites (tertiary alicyclic amines) is 1. The van der Waals surface area contributed by atoms with Crippen LogP contribution in [-0.4, -0.2) is 66.7 Å². The topological polar surface area (TPSA) is 76.2 Å². The number of methoxy groups -OCH3 is 1. The molecule has 1 heterocycles. The highest BCUT2D eigenvalue weighted by Crippen LogP contribution is 2.40. The number of ether oxygens (including phenoxy) is 2. The third-order valence-electron chi connectivity index (χ3n) is 5.40. The first-order chi connectivity index (χ1) is 12.6. The Bertz CT molecular complexity index is 549. The van der Waals surface area contributed by atoms with Gasteiger partial charge in [-0.25, -0.2) is 4.79 Å². The van der Waals surface area contributed by atoms with Crippen molar-refractivity contribution in [1.82, 2.24) is 9.80 Å². The fraction of sp³-hybridized carbons (Fsp3) is 0.850. The van der Waals surface area contributed by atoms with Gasteiger partial charge in [-0.3, -0.25) is 9.59 Å². The summed E-state index contributed by atoms with van der Waals surface area (Å²) in [7, 11) is 1.41. The molecule has 1 saturated heterocycles. The largest absolute Gasteiger partial charge is 0.469 e. The maximum Gasteiger partial charge on any atom is 0.410 e. The molecule has 1 saturated carbocycles. The third kappa shape index (κ3) is 6.70. The maximum absolute atomic E-state index is 12.1. The average Bonchev–Trinajstić information content (AvgIpc) is 3.36. The Morgan fingerprint density at radius 1 is 1.15 bits per heavy atom. The lowest BCUT2D eigenvalue weighted by Crippen LogP contribution is -2.42.